The molecule has 0 saturated carbocycles. The maximum Gasteiger partial charge on any atom is 0.240 e. The minimum absolute atomic E-state index is 0.0974. The van der Waals surface area contributed by atoms with Crippen molar-refractivity contribution in [1.29, 1.82) is 0 Å². The van der Waals surface area contributed by atoms with E-state index in [0.717, 1.165) is 23.1 Å². The molecule has 140 valence electrons. The predicted octanol–water partition coefficient (Wildman–Crippen LogP) is 2.21. The van der Waals surface area contributed by atoms with Crippen LogP contribution in [0.15, 0.2) is 54.9 Å². The molecule has 3 aromatic rings. The van der Waals surface area contributed by atoms with Crippen molar-refractivity contribution in [3.63, 3.8) is 0 Å². The lowest BCUT2D eigenvalue weighted by Gasteiger charge is -2.31. The second-order valence-corrected chi connectivity index (χ2v) is 7.13. The third kappa shape index (κ3) is 3.86. The zero-order chi connectivity index (χ0) is 18.7. The first-order valence-corrected chi connectivity index (χ1v) is 9.27. The fraction of sp³-hybridized carbons (Fsp3) is 0.333. The van der Waals surface area contributed by atoms with Gasteiger partial charge in [-0.1, -0.05) is 36.4 Å². The van der Waals surface area contributed by atoms with Gasteiger partial charge in [0.1, 0.15) is 0 Å². The van der Waals surface area contributed by atoms with Crippen molar-refractivity contribution in [2.45, 2.75) is 31.5 Å². The third-order valence-corrected chi connectivity index (χ3v) is 5.19. The number of hydrogen-bond acceptors (Lipinski definition) is 4. The van der Waals surface area contributed by atoms with Crippen LogP contribution in [-0.4, -0.2) is 34.2 Å². The largest absolute Gasteiger partial charge is 0.381 e. The van der Waals surface area contributed by atoms with Crippen LogP contribution in [0.2, 0.25) is 0 Å². The van der Waals surface area contributed by atoms with Crippen LogP contribution in [0.3, 0.4) is 0 Å². The van der Waals surface area contributed by atoms with Gasteiger partial charge in [-0.3, -0.25) is 4.79 Å². The number of fused-ring (bicyclic) bond motifs is 1. The summed E-state index contributed by atoms with van der Waals surface area (Å²) in [5.41, 5.74) is 9.77. The van der Waals surface area contributed by atoms with Gasteiger partial charge in [-0.05, 0) is 36.1 Å². The Bertz CT molecular complexity index is 927. The molecule has 3 N–H and O–H groups in total. The SMILES string of the molecule is NC1(C(=O)NCc2ccc(Cn3cnc4ccccc43)cc2)CCOCC1. The molecular weight excluding hydrogens is 340 g/mol. The van der Waals surface area contributed by atoms with Crippen molar-refractivity contribution < 1.29 is 9.53 Å². The molecule has 0 spiro atoms. The first-order chi connectivity index (χ1) is 13.1. The van der Waals surface area contributed by atoms with E-state index in [-0.39, 0.29) is 5.91 Å². The number of nitrogens with one attached hydrogen (secondary N) is 1. The van der Waals surface area contributed by atoms with Crippen LogP contribution in [0, 0.1) is 0 Å². The number of nitrogens with two attached hydrogens (primary N) is 1. The predicted molar refractivity (Wildman–Crippen MR) is 104 cm³/mol. The number of carbonyl (C=O) groups is 1. The molecule has 1 saturated heterocycles. The summed E-state index contributed by atoms with van der Waals surface area (Å²) >= 11 is 0. The number of hydrogen-bond donors (Lipinski definition) is 2. The lowest BCUT2D eigenvalue weighted by molar-refractivity contribution is -0.129. The van der Waals surface area contributed by atoms with Gasteiger partial charge in [-0.25, -0.2) is 4.98 Å². The normalized spacial score (nSPS) is 16.3. The van der Waals surface area contributed by atoms with Crippen molar-refractivity contribution in [3.05, 3.63) is 66.0 Å². The molecule has 1 amide bonds. The Labute approximate surface area is 158 Å². The summed E-state index contributed by atoms with van der Waals surface area (Å²) in [5.74, 6) is -0.0974. The summed E-state index contributed by atoms with van der Waals surface area (Å²) in [4.78, 5) is 16.8. The number of amides is 1. The Hall–Kier alpha value is -2.70. The van der Waals surface area contributed by atoms with Crippen molar-refractivity contribution in [3.8, 4) is 0 Å². The average molecular weight is 364 g/mol. The maximum atomic E-state index is 12.4. The summed E-state index contributed by atoms with van der Waals surface area (Å²) in [7, 11) is 0. The number of benzene rings is 2. The molecule has 0 bridgehead atoms. The topological polar surface area (TPSA) is 82.2 Å². The van der Waals surface area contributed by atoms with Gasteiger partial charge in [0.05, 0.1) is 22.9 Å². The van der Waals surface area contributed by atoms with E-state index in [4.69, 9.17) is 10.5 Å². The Morgan fingerprint density at radius 1 is 1.11 bits per heavy atom. The van der Waals surface area contributed by atoms with E-state index in [1.165, 1.54) is 5.56 Å². The second-order valence-electron chi connectivity index (χ2n) is 7.13. The molecule has 0 atom stereocenters. The molecule has 1 aromatic heterocycles. The molecule has 27 heavy (non-hydrogen) atoms. The van der Waals surface area contributed by atoms with Gasteiger partial charge in [-0.15, -0.1) is 0 Å². The standard InChI is InChI=1S/C21H24N4O2/c22-21(9-11-27-12-10-21)20(26)23-13-16-5-7-17(8-6-16)14-25-15-24-18-3-1-2-4-19(18)25/h1-8,15H,9-14,22H2,(H,23,26). The summed E-state index contributed by atoms with van der Waals surface area (Å²) < 4.78 is 7.43. The molecule has 6 heteroatoms. The third-order valence-electron chi connectivity index (χ3n) is 5.19. The second kappa shape index (κ2) is 7.50. The summed E-state index contributed by atoms with van der Waals surface area (Å²) in [6, 6.07) is 16.4. The van der Waals surface area contributed by atoms with Gasteiger partial charge in [0.2, 0.25) is 5.91 Å². The van der Waals surface area contributed by atoms with Gasteiger partial charge >= 0.3 is 0 Å². The monoisotopic (exact) mass is 364 g/mol. The molecule has 1 aliphatic rings. The zero-order valence-electron chi connectivity index (χ0n) is 15.2. The van der Waals surface area contributed by atoms with Crippen molar-refractivity contribution >= 4 is 16.9 Å². The molecule has 2 aromatic carbocycles. The van der Waals surface area contributed by atoms with Gasteiger partial charge in [0, 0.05) is 26.3 Å². The summed E-state index contributed by atoms with van der Waals surface area (Å²) in [6.45, 7) is 2.33. The number of rotatable bonds is 5. The molecular formula is C21H24N4O2. The lowest BCUT2D eigenvalue weighted by atomic mass is 9.90. The highest BCUT2D eigenvalue weighted by molar-refractivity contribution is 5.86. The zero-order valence-corrected chi connectivity index (χ0v) is 15.2. The number of ether oxygens (including phenoxy) is 1. The highest BCUT2D eigenvalue weighted by Crippen LogP contribution is 2.18. The highest BCUT2D eigenvalue weighted by Gasteiger charge is 2.35. The minimum Gasteiger partial charge on any atom is -0.381 e. The number of imidazole rings is 1. The fourth-order valence-corrected chi connectivity index (χ4v) is 3.42. The van der Waals surface area contributed by atoms with E-state index in [9.17, 15) is 4.79 Å². The molecule has 0 radical (unpaired) electrons. The van der Waals surface area contributed by atoms with E-state index in [1.807, 2.05) is 36.7 Å². The number of nitrogens with zero attached hydrogens (tertiary/aromatic N) is 2. The van der Waals surface area contributed by atoms with Crippen molar-refractivity contribution in [1.82, 2.24) is 14.9 Å². The molecule has 1 aliphatic heterocycles. The summed E-state index contributed by atoms with van der Waals surface area (Å²) in [6.07, 6.45) is 3.00. The van der Waals surface area contributed by atoms with E-state index in [0.29, 0.717) is 32.6 Å². The van der Waals surface area contributed by atoms with E-state index in [1.54, 1.807) is 0 Å². The number of para-hydroxylation sites is 2. The van der Waals surface area contributed by atoms with Crippen LogP contribution in [-0.2, 0) is 22.6 Å². The van der Waals surface area contributed by atoms with Gasteiger partial charge < -0.3 is 20.4 Å². The van der Waals surface area contributed by atoms with E-state index in [2.05, 4.69) is 33.1 Å². The number of carbonyl (C=O) groups excluding carboxylic acids is 1. The first-order valence-electron chi connectivity index (χ1n) is 9.27. The van der Waals surface area contributed by atoms with Crippen LogP contribution in [0.4, 0.5) is 0 Å². The van der Waals surface area contributed by atoms with Crippen LogP contribution in [0.5, 0.6) is 0 Å². The van der Waals surface area contributed by atoms with E-state index < -0.39 is 5.54 Å². The average Bonchev–Trinajstić information content (AvgIpc) is 3.11. The summed E-state index contributed by atoms with van der Waals surface area (Å²) in [5, 5.41) is 2.96. The Kier molecular flexibility index (Phi) is 4.92. The molecule has 4 rings (SSSR count). The quantitative estimate of drug-likeness (QED) is 0.727. The molecule has 0 aliphatic carbocycles. The smallest absolute Gasteiger partial charge is 0.240 e. The van der Waals surface area contributed by atoms with Gasteiger partial charge in [0.25, 0.3) is 0 Å². The van der Waals surface area contributed by atoms with Gasteiger partial charge in [0.15, 0.2) is 0 Å². The Morgan fingerprint density at radius 3 is 2.59 bits per heavy atom. The molecule has 1 fully saturated rings. The van der Waals surface area contributed by atoms with E-state index >= 15 is 0 Å². The lowest BCUT2D eigenvalue weighted by Crippen LogP contribution is -2.56. The number of aromatic nitrogens is 2. The van der Waals surface area contributed by atoms with Crippen LogP contribution in [0.25, 0.3) is 11.0 Å². The van der Waals surface area contributed by atoms with Crippen molar-refractivity contribution in [2.24, 2.45) is 5.73 Å². The molecule has 2 heterocycles. The Balaban J connectivity index is 1.37. The van der Waals surface area contributed by atoms with Crippen LogP contribution < -0.4 is 11.1 Å². The Morgan fingerprint density at radius 2 is 1.81 bits per heavy atom. The molecule has 6 nitrogen and oxygen atoms in total. The highest BCUT2D eigenvalue weighted by atomic mass is 16.5. The van der Waals surface area contributed by atoms with Crippen LogP contribution >= 0.6 is 0 Å². The minimum atomic E-state index is -0.805. The first kappa shape index (κ1) is 17.7. The molecule has 0 unspecified atom stereocenters. The van der Waals surface area contributed by atoms with Crippen molar-refractivity contribution in [2.75, 3.05) is 13.2 Å². The fourth-order valence-electron chi connectivity index (χ4n) is 3.42. The maximum absolute atomic E-state index is 12.4. The van der Waals surface area contributed by atoms with Crippen LogP contribution in [0.1, 0.15) is 24.0 Å². The van der Waals surface area contributed by atoms with Gasteiger partial charge in [-0.2, -0.15) is 0 Å².